The molecule has 140 valence electrons. The maximum absolute atomic E-state index is 14.0. The molecule has 6 nitrogen and oxygen atoms in total. The number of amides is 2. The van der Waals surface area contributed by atoms with Crippen molar-refractivity contribution in [2.24, 2.45) is 5.92 Å². The largest absolute Gasteiger partial charge is 0.348 e. The molecule has 7 heteroatoms. The lowest BCUT2D eigenvalue weighted by atomic mass is 9.98. The number of hydrogen-bond acceptors (Lipinski definition) is 4. The molecule has 0 saturated carbocycles. The van der Waals surface area contributed by atoms with Crippen molar-refractivity contribution in [3.8, 4) is 0 Å². The van der Waals surface area contributed by atoms with Crippen molar-refractivity contribution in [3.05, 3.63) is 30.1 Å². The first-order valence-electron chi connectivity index (χ1n) is 9.24. The Bertz CT molecular complexity index is 692. The van der Waals surface area contributed by atoms with Gasteiger partial charge in [0.05, 0.1) is 30.9 Å². The summed E-state index contributed by atoms with van der Waals surface area (Å²) in [4.78, 5) is 28.7. The molecule has 2 amide bonds. The second-order valence-corrected chi connectivity index (χ2v) is 7.06. The first-order valence-corrected chi connectivity index (χ1v) is 9.24. The number of likely N-dealkylation sites (tertiary alicyclic amines) is 1. The number of rotatable bonds is 3. The van der Waals surface area contributed by atoms with E-state index in [9.17, 15) is 14.0 Å². The van der Waals surface area contributed by atoms with Gasteiger partial charge in [0.2, 0.25) is 11.8 Å². The third kappa shape index (κ3) is 3.21. The fraction of sp³-hybridized carbons (Fsp3) is 0.579. The molecule has 3 aliphatic rings. The van der Waals surface area contributed by atoms with Crippen molar-refractivity contribution < 1.29 is 23.5 Å². The van der Waals surface area contributed by atoms with E-state index < -0.39 is 11.7 Å². The second kappa shape index (κ2) is 7.32. The molecular weight excluding hydrogens is 339 g/mol. The first kappa shape index (κ1) is 17.4. The number of piperidine rings is 1. The van der Waals surface area contributed by atoms with Crippen LogP contribution in [0.1, 0.15) is 25.7 Å². The van der Waals surface area contributed by atoms with Gasteiger partial charge in [0.25, 0.3) is 0 Å². The minimum absolute atomic E-state index is 0.0546. The third-order valence-corrected chi connectivity index (χ3v) is 5.41. The molecule has 0 N–H and O–H groups in total. The molecule has 2 unspecified atom stereocenters. The van der Waals surface area contributed by atoms with E-state index in [2.05, 4.69) is 0 Å². The molecule has 0 aliphatic carbocycles. The van der Waals surface area contributed by atoms with Crippen LogP contribution in [0.3, 0.4) is 0 Å². The highest BCUT2D eigenvalue weighted by atomic mass is 19.1. The van der Waals surface area contributed by atoms with Crippen molar-refractivity contribution in [1.29, 1.82) is 0 Å². The van der Waals surface area contributed by atoms with Gasteiger partial charge in [-0.1, -0.05) is 12.1 Å². The first-order chi connectivity index (χ1) is 12.6. The van der Waals surface area contributed by atoms with Crippen LogP contribution < -0.4 is 4.90 Å². The molecule has 0 aromatic heterocycles. The number of carbonyl (C=O) groups excluding carboxylic acids is 2. The Morgan fingerprint density at radius 2 is 1.92 bits per heavy atom. The molecule has 2 atom stereocenters. The van der Waals surface area contributed by atoms with Crippen LogP contribution >= 0.6 is 0 Å². The predicted octanol–water partition coefficient (Wildman–Crippen LogP) is 1.93. The summed E-state index contributed by atoms with van der Waals surface area (Å²) in [6.45, 7) is 1.96. The van der Waals surface area contributed by atoms with Crippen LogP contribution in [-0.2, 0) is 19.1 Å². The summed E-state index contributed by atoms with van der Waals surface area (Å²) in [5.74, 6) is -1.17. The Kier molecular flexibility index (Phi) is 4.91. The van der Waals surface area contributed by atoms with Crippen LogP contribution in [0.25, 0.3) is 0 Å². The predicted molar refractivity (Wildman–Crippen MR) is 91.9 cm³/mol. The second-order valence-electron chi connectivity index (χ2n) is 7.06. The molecule has 1 aromatic rings. The molecule has 3 saturated heterocycles. The van der Waals surface area contributed by atoms with Crippen LogP contribution in [-0.4, -0.2) is 55.3 Å². The number of ether oxygens (including phenoxy) is 2. The molecule has 4 rings (SSSR count). The van der Waals surface area contributed by atoms with Crippen molar-refractivity contribution in [2.45, 2.75) is 38.0 Å². The standard InChI is InChI=1S/C19H23FN2O4/c20-14-5-1-2-6-15(14)22-12-13(11-17(22)23)18(24)21-8-4-3-7-16(21)19-25-9-10-26-19/h1-2,5-6,13,16,19H,3-4,7-12H2. The highest BCUT2D eigenvalue weighted by molar-refractivity contribution is 6.00. The Hall–Kier alpha value is -1.99. The normalized spacial score (nSPS) is 27.3. The Labute approximate surface area is 151 Å². The maximum Gasteiger partial charge on any atom is 0.228 e. The van der Waals surface area contributed by atoms with Crippen LogP contribution in [0.15, 0.2) is 24.3 Å². The van der Waals surface area contributed by atoms with E-state index in [-0.39, 0.29) is 42.8 Å². The summed E-state index contributed by atoms with van der Waals surface area (Å²) < 4.78 is 25.3. The molecule has 26 heavy (non-hydrogen) atoms. The fourth-order valence-electron chi connectivity index (χ4n) is 4.12. The van der Waals surface area contributed by atoms with Crippen LogP contribution in [0, 0.1) is 11.7 Å². The van der Waals surface area contributed by atoms with Gasteiger partial charge in [-0.2, -0.15) is 0 Å². The van der Waals surface area contributed by atoms with Gasteiger partial charge in [-0.3, -0.25) is 9.59 Å². The van der Waals surface area contributed by atoms with E-state index >= 15 is 0 Å². The zero-order valence-electron chi connectivity index (χ0n) is 14.6. The Morgan fingerprint density at radius 1 is 1.15 bits per heavy atom. The maximum atomic E-state index is 14.0. The summed E-state index contributed by atoms with van der Waals surface area (Å²) in [6, 6.07) is 6.08. The Morgan fingerprint density at radius 3 is 2.69 bits per heavy atom. The van der Waals surface area contributed by atoms with E-state index in [4.69, 9.17) is 9.47 Å². The van der Waals surface area contributed by atoms with E-state index in [0.717, 1.165) is 19.3 Å². The number of halogens is 1. The SMILES string of the molecule is O=C1CC(C(=O)N2CCCCC2C2OCCO2)CN1c1ccccc1F. The van der Waals surface area contributed by atoms with Gasteiger partial charge in [0, 0.05) is 19.5 Å². The lowest BCUT2D eigenvalue weighted by Crippen LogP contribution is -2.52. The van der Waals surface area contributed by atoms with E-state index in [1.807, 2.05) is 4.90 Å². The van der Waals surface area contributed by atoms with Gasteiger partial charge in [-0.15, -0.1) is 0 Å². The van der Waals surface area contributed by atoms with Gasteiger partial charge >= 0.3 is 0 Å². The summed E-state index contributed by atoms with van der Waals surface area (Å²) in [7, 11) is 0. The van der Waals surface area contributed by atoms with Crippen molar-refractivity contribution >= 4 is 17.5 Å². The lowest BCUT2D eigenvalue weighted by molar-refractivity contribution is -0.154. The molecule has 1 aromatic carbocycles. The lowest BCUT2D eigenvalue weighted by Gasteiger charge is -2.39. The minimum atomic E-state index is -0.455. The minimum Gasteiger partial charge on any atom is -0.348 e. The van der Waals surface area contributed by atoms with Crippen LogP contribution in [0.5, 0.6) is 0 Å². The smallest absolute Gasteiger partial charge is 0.228 e. The molecule has 0 bridgehead atoms. The van der Waals surface area contributed by atoms with Crippen LogP contribution in [0.4, 0.5) is 10.1 Å². The van der Waals surface area contributed by atoms with Crippen molar-refractivity contribution in [2.75, 3.05) is 31.2 Å². The zero-order valence-corrected chi connectivity index (χ0v) is 14.6. The van der Waals surface area contributed by atoms with Crippen LogP contribution in [0.2, 0.25) is 0 Å². The fourth-order valence-corrected chi connectivity index (χ4v) is 4.12. The van der Waals surface area contributed by atoms with E-state index in [0.29, 0.717) is 19.8 Å². The number of anilines is 1. The monoisotopic (exact) mass is 362 g/mol. The van der Waals surface area contributed by atoms with Crippen molar-refractivity contribution in [1.82, 2.24) is 4.90 Å². The van der Waals surface area contributed by atoms with Gasteiger partial charge in [0.1, 0.15) is 5.82 Å². The molecule has 3 aliphatic heterocycles. The van der Waals surface area contributed by atoms with Gasteiger partial charge in [0.15, 0.2) is 6.29 Å². The van der Waals surface area contributed by atoms with Gasteiger partial charge in [-0.05, 0) is 31.4 Å². The number of carbonyl (C=O) groups is 2. The number of nitrogens with zero attached hydrogens (tertiary/aromatic N) is 2. The summed E-state index contributed by atoms with van der Waals surface area (Å²) in [6.07, 6.45) is 2.55. The average molecular weight is 362 g/mol. The van der Waals surface area contributed by atoms with Crippen molar-refractivity contribution in [3.63, 3.8) is 0 Å². The molecule has 0 radical (unpaired) electrons. The van der Waals surface area contributed by atoms with E-state index in [1.165, 1.54) is 11.0 Å². The molecule has 3 fully saturated rings. The molecule has 0 spiro atoms. The highest BCUT2D eigenvalue weighted by Gasteiger charge is 2.42. The molecular formula is C19H23FN2O4. The van der Waals surface area contributed by atoms with Gasteiger partial charge in [-0.25, -0.2) is 4.39 Å². The Balaban J connectivity index is 1.49. The van der Waals surface area contributed by atoms with Gasteiger partial charge < -0.3 is 19.3 Å². The number of benzene rings is 1. The topological polar surface area (TPSA) is 59.1 Å². The van der Waals surface area contributed by atoms with E-state index in [1.54, 1.807) is 18.2 Å². The third-order valence-electron chi connectivity index (χ3n) is 5.41. The number of para-hydroxylation sites is 1. The average Bonchev–Trinajstić information content (AvgIpc) is 3.32. The summed E-state index contributed by atoms with van der Waals surface area (Å²) in [5.41, 5.74) is 0.241. The summed E-state index contributed by atoms with van der Waals surface area (Å²) in [5, 5.41) is 0. The zero-order chi connectivity index (χ0) is 18.1. The quantitative estimate of drug-likeness (QED) is 0.825. The number of hydrogen-bond donors (Lipinski definition) is 0. The molecule has 3 heterocycles. The highest BCUT2D eigenvalue weighted by Crippen LogP contribution is 2.31. The summed E-state index contributed by atoms with van der Waals surface area (Å²) >= 11 is 0.